The van der Waals surface area contributed by atoms with Gasteiger partial charge in [-0.1, -0.05) is 27.2 Å². The second kappa shape index (κ2) is 9.49. The molecular weight excluding hydrogens is 454 g/mol. The molecule has 30 heavy (non-hydrogen) atoms. The number of hydrogen-bond donors (Lipinski definition) is 2. The number of nitrogens with zero attached hydrogens (tertiary/aromatic N) is 3. The molecule has 2 aromatic carbocycles. The minimum atomic E-state index is -0.422. The van der Waals surface area contributed by atoms with Gasteiger partial charge < -0.3 is 25.3 Å². The Labute approximate surface area is 182 Å². The number of carbonyl (C=O) groups is 1. The van der Waals surface area contributed by atoms with Gasteiger partial charge in [0.25, 0.3) is 5.91 Å². The number of aromatic nitrogens is 3. The molecule has 3 rings (SSSR count). The second-order valence-electron chi connectivity index (χ2n) is 6.31. The summed E-state index contributed by atoms with van der Waals surface area (Å²) < 4.78 is 18.2. The molecule has 0 radical (unpaired) electrons. The van der Waals surface area contributed by atoms with E-state index in [9.17, 15) is 4.79 Å². The van der Waals surface area contributed by atoms with Crippen molar-refractivity contribution in [1.29, 1.82) is 0 Å². The van der Waals surface area contributed by atoms with E-state index in [1.54, 1.807) is 33.5 Å². The van der Waals surface area contributed by atoms with Crippen molar-refractivity contribution in [2.75, 3.05) is 27.1 Å². The van der Waals surface area contributed by atoms with E-state index in [1.165, 1.54) is 4.68 Å². The maximum absolute atomic E-state index is 12.6. The Morgan fingerprint density at radius 3 is 2.47 bits per heavy atom. The van der Waals surface area contributed by atoms with Gasteiger partial charge in [0.15, 0.2) is 23.0 Å². The van der Waals surface area contributed by atoms with Crippen molar-refractivity contribution in [2.24, 2.45) is 0 Å². The average molecular weight is 476 g/mol. The summed E-state index contributed by atoms with van der Waals surface area (Å²) in [5.41, 5.74) is 7.87. The maximum Gasteiger partial charge on any atom is 0.275 e. The van der Waals surface area contributed by atoms with Gasteiger partial charge in [-0.2, -0.15) is 0 Å². The minimum Gasteiger partial charge on any atom is -0.496 e. The Kier molecular flexibility index (Phi) is 6.78. The van der Waals surface area contributed by atoms with Gasteiger partial charge in [-0.05, 0) is 35.9 Å². The summed E-state index contributed by atoms with van der Waals surface area (Å²) in [6.07, 6.45) is 0. The molecule has 0 unspecified atom stereocenters. The third-order valence-electron chi connectivity index (χ3n) is 4.45. The van der Waals surface area contributed by atoms with Crippen LogP contribution in [0, 0.1) is 0 Å². The lowest BCUT2D eigenvalue weighted by Gasteiger charge is -2.10. The molecule has 1 heterocycles. The van der Waals surface area contributed by atoms with Gasteiger partial charge in [0, 0.05) is 16.6 Å². The summed E-state index contributed by atoms with van der Waals surface area (Å²) in [7, 11) is 4.71. The molecule has 0 aliphatic rings. The Hall–Kier alpha value is -3.27. The zero-order valence-electron chi connectivity index (χ0n) is 16.8. The summed E-state index contributed by atoms with van der Waals surface area (Å²) in [4.78, 5) is 12.6. The van der Waals surface area contributed by atoms with E-state index in [4.69, 9.17) is 19.9 Å². The Bertz CT molecular complexity index is 1050. The number of carbonyl (C=O) groups excluding carboxylic acids is 1. The minimum absolute atomic E-state index is 0.0597. The van der Waals surface area contributed by atoms with Crippen LogP contribution in [0.3, 0.4) is 0 Å². The summed E-state index contributed by atoms with van der Waals surface area (Å²) >= 11 is 3.43. The summed E-state index contributed by atoms with van der Waals surface area (Å²) in [6.45, 7) is 0.579. The fourth-order valence-corrected chi connectivity index (χ4v) is 3.30. The van der Waals surface area contributed by atoms with Crippen LogP contribution in [0.25, 0.3) is 0 Å². The first-order valence-electron chi connectivity index (χ1n) is 8.97. The van der Waals surface area contributed by atoms with Crippen LogP contribution in [0.2, 0.25) is 0 Å². The van der Waals surface area contributed by atoms with Gasteiger partial charge in [0.05, 0.1) is 27.9 Å². The molecule has 0 bridgehead atoms. The molecule has 1 amide bonds. The molecule has 3 N–H and O–H groups in total. The Morgan fingerprint density at radius 1 is 1.07 bits per heavy atom. The van der Waals surface area contributed by atoms with Crippen molar-refractivity contribution in [3.8, 4) is 17.2 Å². The number of ether oxygens (including phenoxy) is 3. The number of rotatable bonds is 8. The third kappa shape index (κ3) is 4.65. The first kappa shape index (κ1) is 21.4. The number of benzene rings is 2. The number of amides is 1. The molecule has 3 aromatic rings. The lowest BCUT2D eigenvalue weighted by molar-refractivity contribution is 0.0946. The molecule has 0 atom stereocenters. The van der Waals surface area contributed by atoms with Crippen molar-refractivity contribution in [2.45, 2.75) is 13.1 Å². The highest BCUT2D eigenvalue weighted by molar-refractivity contribution is 9.10. The SMILES string of the molecule is COc1ccc(Br)cc1Cn1nnc(C(=O)NCc2ccc(OC)c(OC)c2)c1N. The molecule has 10 heteroatoms. The first-order chi connectivity index (χ1) is 14.5. The van der Waals surface area contributed by atoms with Crippen LogP contribution < -0.4 is 25.3 Å². The molecule has 158 valence electrons. The Balaban J connectivity index is 1.71. The van der Waals surface area contributed by atoms with E-state index in [0.29, 0.717) is 23.8 Å². The maximum atomic E-state index is 12.6. The van der Waals surface area contributed by atoms with Crippen LogP contribution >= 0.6 is 15.9 Å². The van der Waals surface area contributed by atoms with Crippen molar-refractivity contribution in [3.63, 3.8) is 0 Å². The first-order valence-corrected chi connectivity index (χ1v) is 9.76. The van der Waals surface area contributed by atoms with E-state index in [-0.39, 0.29) is 18.1 Å². The zero-order chi connectivity index (χ0) is 21.7. The molecule has 0 spiro atoms. The highest BCUT2D eigenvalue weighted by Crippen LogP contribution is 2.27. The van der Waals surface area contributed by atoms with Crippen LogP contribution in [0.1, 0.15) is 21.6 Å². The van der Waals surface area contributed by atoms with Gasteiger partial charge in [0.2, 0.25) is 0 Å². The van der Waals surface area contributed by atoms with E-state index in [0.717, 1.165) is 15.6 Å². The molecule has 1 aromatic heterocycles. The summed E-state index contributed by atoms with van der Waals surface area (Å²) in [5.74, 6) is 1.63. The van der Waals surface area contributed by atoms with Crippen LogP contribution in [0.15, 0.2) is 40.9 Å². The van der Waals surface area contributed by atoms with Gasteiger partial charge in [-0.25, -0.2) is 4.68 Å². The second-order valence-corrected chi connectivity index (χ2v) is 7.22. The molecule has 0 fully saturated rings. The highest BCUT2D eigenvalue weighted by Gasteiger charge is 2.18. The van der Waals surface area contributed by atoms with Crippen molar-refractivity contribution in [3.05, 3.63) is 57.7 Å². The van der Waals surface area contributed by atoms with Crippen molar-refractivity contribution in [1.82, 2.24) is 20.3 Å². The standard InChI is InChI=1S/C20H22BrN5O4/c1-28-15-7-5-14(21)9-13(15)11-26-19(22)18(24-25-26)20(27)23-10-12-4-6-16(29-2)17(8-12)30-3/h4-9H,10-11,22H2,1-3H3,(H,23,27). The molecule has 9 nitrogen and oxygen atoms in total. The van der Waals surface area contributed by atoms with Crippen molar-refractivity contribution >= 4 is 27.7 Å². The molecular formula is C20H22BrN5O4. The number of halogens is 1. The van der Waals surface area contributed by atoms with E-state index in [2.05, 4.69) is 31.6 Å². The van der Waals surface area contributed by atoms with Gasteiger partial charge in [-0.3, -0.25) is 4.79 Å². The van der Waals surface area contributed by atoms with Gasteiger partial charge in [-0.15, -0.1) is 5.10 Å². The summed E-state index contributed by atoms with van der Waals surface area (Å²) in [6, 6.07) is 11.0. The topological polar surface area (TPSA) is 114 Å². The smallest absolute Gasteiger partial charge is 0.275 e. The molecule has 0 aliphatic carbocycles. The van der Waals surface area contributed by atoms with Crippen LogP contribution in [0.4, 0.5) is 5.82 Å². The fraction of sp³-hybridized carbons (Fsp3) is 0.250. The molecule has 0 saturated carbocycles. The van der Waals surface area contributed by atoms with Crippen LogP contribution in [-0.2, 0) is 13.1 Å². The number of nitrogens with one attached hydrogen (secondary N) is 1. The number of nitrogens with two attached hydrogens (primary N) is 1. The van der Waals surface area contributed by atoms with Gasteiger partial charge >= 0.3 is 0 Å². The number of hydrogen-bond acceptors (Lipinski definition) is 7. The predicted octanol–water partition coefficient (Wildman–Crippen LogP) is 2.63. The van der Waals surface area contributed by atoms with E-state index < -0.39 is 5.91 Å². The summed E-state index contributed by atoms with van der Waals surface area (Å²) in [5, 5.41) is 10.7. The lowest BCUT2D eigenvalue weighted by Crippen LogP contribution is -2.24. The number of anilines is 1. The van der Waals surface area contributed by atoms with E-state index in [1.807, 2.05) is 24.3 Å². The van der Waals surface area contributed by atoms with E-state index >= 15 is 0 Å². The third-order valence-corrected chi connectivity index (χ3v) is 4.95. The number of methoxy groups -OCH3 is 3. The number of nitrogen functional groups attached to an aromatic ring is 1. The predicted molar refractivity (Wildman–Crippen MR) is 115 cm³/mol. The highest BCUT2D eigenvalue weighted by atomic mass is 79.9. The molecule has 0 aliphatic heterocycles. The van der Waals surface area contributed by atoms with Crippen LogP contribution in [0.5, 0.6) is 17.2 Å². The monoisotopic (exact) mass is 475 g/mol. The van der Waals surface area contributed by atoms with Crippen LogP contribution in [-0.4, -0.2) is 42.2 Å². The normalized spacial score (nSPS) is 10.5. The lowest BCUT2D eigenvalue weighted by atomic mass is 10.2. The largest absolute Gasteiger partial charge is 0.496 e. The quantitative estimate of drug-likeness (QED) is 0.514. The van der Waals surface area contributed by atoms with Gasteiger partial charge in [0.1, 0.15) is 5.75 Å². The average Bonchev–Trinajstić information content (AvgIpc) is 3.12. The Morgan fingerprint density at radius 2 is 1.77 bits per heavy atom. The molecule has 0 saturated heterocycles. The zero-order valence-corrected chi connectivity index (χ0v) is 18.4. The fourth-order valence-electron chi connectivity index (χ4n) is 2.89. The van der Waals surface area contributed by atoms with Crippen molar-refractivity contribution < 1.29 is 19.0 Å².